The number of nitrogens with zero attached hydrogens (tertiary/aromatic N) is 2. The van der Waals surface area contributed by atoms with Gasteiger partial charge in [0, 0.05) is 19.0 Å². The van der Waals surface area contributed by atoms with E-state index in [0.717, 1.165) is 11.1 Å². The van der Waals surface area contributed by atoms with Gasteiger partial charge < -0.3 is 26.0 Å². The molecular formula is C36H37N3O8. The van der Waals surface area contributed by atoms with Gasteiger partial charge in [-0.05, 0) is 42.8 Å². The third-order valence-electron chi connectivity index (χ3n) is 10.2. The lowest BCUT2D eigenvalue weighted by Crippen LogP contribution is -2.77. The molecule has 2 unspecified atom stereocenters. The van der Waals surface area contributed by atoms with Crippen molar-refractivity contribution in [3.8, 4) is 5.75 Å². The summed E-state index contributed by atoms with van der Waals surface area (Å²) < 4.78 is 0. The quantitative estimate of drug-likeness (QED) is 0.278. The summed E-state index contributed by atoms with van der Waals surface area (Å²) in [5, 5.41) is 35.6. The summed E-state index contributed by atoms with van der Waals surface area (Å²) >= 11 is 0. The molecule has 3 aliphatic carbocycles. The molecule has 2 saturated carbocycles. The van der Waals surface area contributed by atoms with Crippen LogP contribution in [0.25, 0.3) is 0 Å². The van der Waals surface area contributed by atoms with Crippen LogP contribution >= 0.6 is 0 Å². The highest BCUT2D eigenvalue weighted by Crippen LogP contribution is 2.55. The Kier molecular flexibility index (Phi) is 8.11. The average Bonchev–Trinajstić information content (AvgIpc) is 3.03. The SMILES string of the molecule is C[C@H]1c2ccc(N(Cc3ccccc3)Cc3ccccc3)c(O)c2C(=O)C2C(=O)[C@]3(O)C(=O)C(C(N)=O)C(=O)[C@@H](N(C)C)[C@@H]3[C@@H](O)[C@@H]21. The van der Waals surface area contributed by atoms with Crippen molar-refractivity contribution in [3.63, 3.8) is 0 Å². The number of phenols is 1. The molecule has 0 heterocycles. The second kappa shape index (κ2) is 11.8. The number of rotatable bonds is 7. The third-order valence-corrected chi connectivity index (χ3v) is 10.2. The van der Waals surface area contributed by atoms with Gasteiger partial charge in [-0.3, -0.25) is 28.9 Å². The first-order valence-electron chi connectivity index (χ1n) is 15.5. The Morgan fingerprint density at radius 1 is 0.872 bits per heavy atom. The van der Waals surface area contributed by atoms with E-state index < -0.39 is 76.4 Å². The number of fused-ring (bicyclic) bond motifs is 3. The maximum Gasteiger partial charge on any atom is 0.235 e. The van der Waals surface area contributed by atoms with E-state index in [0.29, 0.717) is 24.3 Å². The second-order valence-corrected chi connectivity index (χ2v) is 13.1. The van der Waals surface area contributed by atoms with E-state index in [2.05, 4.69) is 0 Å². The zero-order valence-electron chi connectivity index (χ0n) is 26.2. The highest BCUT2D eigenvalue weighted by Gasteiger charge is 2.72. The molecule has 3 aromatic rings. The number of aromatic hydroxyl groups is 1. The van der Waals surface area contributed by atoms with Crippen molar-refractivity contribution in [3.05, 3.63) is 95.1 Å². The topological polar surface area (TPSA) is 179 Å². The van der Waals surface area contributed by atoms with E-state index in [-0.39, 0.29) is 11.3 Å². The molecule has 3 aromatic carbocycles. The van der Waals surface area contributed by atoms with Gasteiger partial charge in [0.1, 0.15) is 5.75 Å². The number of benzene rings is 3. The van der Waals surface area contributed by atoms with Crippen LogP contribution in [0.5, 0.6) is 5.75 Å². The Labute approximate surface area is 271 Å². The smallest absolute Gasteiger partial charge is 0.235 e. The molecule has 2 fully saturated rings. The Balaban J connectivity index is 1.47. The first kappa shape index (κ1) is 32.2. The molecule has 8 atom stereocenters. The summed E-state index contributed by atoms with van der Waals surface area (Å²) in [4.78, 5) is 71.2. The molecule has 3 aliphatic rings. The predicted molar refractivity (Wildman–Crippen MR) is 170 cm³/mol. The maximum absolute atomic E-state index is 14.4. The lowest BCUT2D eigenvalue weighted by Gasteiger charge is -2.56. The molecule has 0 aromatic heterocycles. The van der Waals surface area contributed by atoms with Gasteiger partial charge in [0.15, 0.2) is 34.7 Å². The maximum atomic E-state index is 14.4. The Morgan fingerprint density at radius 2 is 1.43 bits per heavy atom. The highest BCUT2D eigenvalue weighted by molar-refractivity contribution is 6.32. The molecular weight excluding hydrogens is 602 g/mol. The molecule has 11 nitrogen and oxygen atoms in total. The minimum absolute atomic E-state index is 0.139. The number of amides is 1. The third kappa shape index (κ3) is 4.88. The lowest BCUT2D eigenvalue weighted by atomic mass is 9.49. The number of aliphatic hydroxyl groups is 2. The number of likely N-dealkylation sites (N-methyl/N-ethyl adjacent to an activating group) is 1. The van der Waals surface area contributed by atoms with Gasteiger partial charge in [0.2, 0.25) is 5.91 Å². The van der Waals surface area contributed by atoms with Crippen LogP contribution in [0.3, 0.4) is 0 Å². The largest absolute Gasteiger partial charge is 0.505 e. The van der Waals surface area contributed by atoms with Crippen molar-refractivity contribution in [2.24, 2.45) is 29.4 Å². The van der Waals surface area contributed by atoms with Crippen molar-refractivity contribution >= 4 is 34.7 Å². The zero-order valence-corrected chi connectivity index (χ0v) is 26.2. The average molecular weight is 640 g/mol. The van der Waals surface area contributed by atoms with Crippen molar-refractivity contribution in [2.75, 3.05) is 19.0 Å². The van der Waals surface area contributed by atoms with Crippen molar-refractivity contribution < 1.29 is 39.3 Å². The number of ketones is 4. The van der Waals surface area contributed by atoms with Crippen LogP contribution in [-0.2, 0) is 32.3 Å². The summed E-state index contributed by atoms with van der Waals surface area (Å²) in [6.07, 6.45) is -1.68. The first-order valence-corrected chi connectivity index (χ1v) is 15.5. The molecule has 0 spiro atoms. The van der Waals surface area contributed by atoms with E-state index in [1.54, 1.807) is 19.1 Å². The van der Waals surface area contributed by atoms with Gasteiger partial charge in [0.05, 0.1) is 35.2 Å². The van der Waals surface area contributed by atoms with E-state index >= 15 is 0 Å². The first-order chi connectivity index (χ1) is 22.3. The minimum atomic E-state index is -3.05. The Morgan fingerprint density at radius 3 is 1.94 bits per heavy atom. The fourth-order valence-corrected chi connectivity index (χ4v) is 8.07. The number of Topliss-reactive ketones (excluding diaryl/α,β-unsaturated/α-hetero) is 4. The van der Waals surface area contributed by atoms with Crippen LogP contribution in [0.4, 0.5) is 5.69 Å². The normalized spacial score (nSPS) is 30.0. The molecule has 0 aliphatic heterocycles. The number of anilines is 1. The summed E-state index contributed by atoms with van der Waals surface area (Å²) in [7, 11) is 2.92. The molecule has 47 heavy (non-hydrogen) atoms. The van der Waals surface area contributed by atoms with Crippen molar-refractivity contribution in [1.29, 1.82) is 0 Å². The molecule has 244 valence electrons. The summed E-state index contributed by atoms with van der Waals surface area (Å²) in [6, 6.07) is 21.1. The van der Waals surface area contributed by atoms with Gasteiger partial charge in [0.25, 0.3) is 0 Å². The fraction of sp³-hybridized carbons (Fsp3) is 0.361. The molecule has 11 heteroatoms. The van der Waals surface area contributed by atoms with Gasteiger partial charge >= 0.3 is 0 Å². The summed E-state index contributed by atoms with van der Waals surface area (Å²) in [6.45, 7) is 2.44. The number of carbonyl (C=O) groups excluding carboxylic acids is 5. The van der Waals surface area contributed by atoms with Gasteiger partial charge in [-0.1, -0.05) is 73.7 Å². The van der Waals surface area contributed by atoms with Crippen LogP contribution in [0.2, 0.25) is 0 Å². The van der Waals surface area contributed by atoms with E-state index in [9.17, 15) is 39.3 Å². The van der Waals surface area contributed by atoms with Crippen LogP contribution in [0.15, 0.2) is 72.8 Å². The summed E-state index contributed by atoms with van der Waals surface area (Å²) in [5.41, 5.74) is 4.83. The highest BCUT2D eigenvalue weighted by atomic mass is 16.3. The molecule has 6 rings (SSSR count). The van der Waals surface area contributed by atoms with Crippen LogP contribution in [0, 0.1) is 23.7 Å². The predicted octanol–water partition coefficient (Wildman–Crippen LogP) is 1.61. The Bertz CT molecular complexity index is 1740. The monoisotopic (exact) mass is 639 g/mol. The van der Waals surface area contributed by atoms with Crippen LogP contribution < -0.4 is 10.6 Å². The number of hydrogen-bond acceptors (Lipinski definition) is 10. The van der Waals surface area contributed by atoms with Crippen molar-refractivity contribution in [2.45, 2.75) is 43.7 Å². The second-order valence-electron chi connectivity index (χ2n) is 13.1. The number of phenolic OH excluding ortho intramolecular Hbond substituents is 1. The fourth-order valence-electron chi connectivity index (χ4n) is 8.07. The van der Waals surface area contributed by atoms with Gasteiger partial charge in [-0.25, -0.2) is 0 Å². The Hall–Kier alpha value is -4.71. The molecule has 1 amide bonds. The van der Waals surface area contributed by atoms with Gasteiger partial charge in [-0.15, -0.1) is 0 Å². The van der Waals surface area contributed by atoms with E-state index in [1.165, 1.54) is 19.0 Å². The zero-order chi connectivity index (χ0) is 33.9. The molecule has 0 saturated heterocycles. The molecule has 0 bridgehead atoms. The van der Waals surface area contributed by atoms with Crippen molar-refractivity contribution in [1.82, 2.24) is 4.90 Å². The van der Waals surface area contributed by atoms with E-state index in [1.807, 2.05) is 65.6 Å². The number of hydrogen-bond donors (Lipinski definition) is 4. The number of nitrogens with two attached hydrogens (primary N) is 1. The molecule has 5 N–H and O–H groups in total. The standard InChI is InChI=1S/C36H37N3O8/c1-18-21-14-15-22(39(16-19-10-6-4-7-11-19)17-20-12-8-5-9-13-20)29(40)24(21)30(41)25-23(18)31(42)27-28(38(2)3)32(43)26(35(37)46)34(45)36(27,47)33(25)44/h4-15,18,23,25-28,31,40,42,47H,16-17H2,1-3H3,(H2,37,46)/t18-,23+,25?,26?,27+,28-,31-,36-/m0/s1. The van der Waals surface area contributed by atoms with Crippen LogP contribution in [0.1, 0.15) is 39.9 Å². The van der Waals surface area contributed by atoms with Gasteiger partial charge in [-0.2, -0.15) is 0 Å². The number of primary amides is 1. The number of carbonyl (C=O) groups is 5. The number of aliphatic hydroxyl groups excluding tert-OH is 1. The molecule has 0 radical (unpaired) electrons. The van der Waals surface area contributed by atoms with Crippen LogP contribution in [-0.4, -0.2) is 81.1 Å². The minimum Gasteiger partial charge on any atom is -0.505 e. The lowest BCUT2D eigenvalue weighted by molar-refractivity contribution is -0.196. The van der Waals surface area contributed by atoms with E-state index in [4.69, 9.17) is 5.73 Å². The summed E-state index contributed by atoms with van der Waals surface area (Å²) in [5.74, 6) is -13.5.